The first-order chi connectivity index (χ1) is 14.4. The zero-order valence-electron chi connectivity index (χ0n) is 22.7. The second-order valence-electron chi connectivity index (χ2n) is 7.44. The van der Waals surface area contributed by atoms with Crippen molar-refractivity contribution in [3.8, 4) is 0 Å². The summed E-state index contributed by atoms with van der Waals surface area (Å²) < 4.78 is 5.04. The molecule has 1 fully saturated rings. The largest absolute Gasteiger partial charge is 0.444 e. The molecule has 1 radical (unpaired) electrons. The molecule has 1 N–H and O–H groups in total. The summed E-state index contributed by atoms with van der Waals surface area (Å²) in [7, 11) is 0. The van der Waals surface area contributed by atoms with E-state index in [0.717, 1.165) is 12.3 Å². The van der Waals surface area contributed by atoms with E-state index >= 15 is 0 Å². The second kappa shape index (κ2) is 33.1. The maximum absolute atomic E-state index is 11.9. The first-order valence-corrected chi connectivity index (χ1v) is 10.7. The molecule has 0 aliphatic carbocycles. The van der Waals surface area contributed by atoms with Crippen LogP contribution in [0.25, 0.3) is 0 Å². The molecule has 0 aromatic carbocycles. The van der Waals surface area contributed by atoms with E-state index in [0.29, 0.717) is 13.0 Å². The van der Waals surface area contributed by atoms with E-state index in [-0.39, 0.29) is 66.8 Å². The summed E-state index contributed by atoms with van der Waals surface area (Å²) in [5, 5.41) is 2.41. The number of nitrogens with one attached hydrogen (secondary N) is 1. The fourth-order valence-electron chi connectivity index (χ4n) is 2.05. The quantitative estimate of drug-likeness (QED) is 0.278. The molecule has 0 spiro atoms. The van der Waals surface area contributed by atoms with Gasteiger partial charge in [0.05, 0.1) is 6.04 Å². The van der Waals surface area contributed by atoms with Crippen LogP contribution in [-0.2, 0) is 32.9 Å². The van der Waals surface area contributed by atoms with Crippen LogP contribution in [0.15, 0.2) is 39.5 Å². The van der Waals surface area contributed by atoms with E-state index in [1.807, 2.05) is 13.8 Å². The Morgan fingerprint density at radius 2 is 1.36 bits per heavy atom. The number of carbonyl (C=O) groups excluding carboxylic acids is 3. The summed E-state index contributed by atoms with van der Waals surface area (Å²) in [4.78, 5) is 36.3. The van der Waals surface area contributed by atoms with Crippen LogP contribution in [0.1, 0.15) is 75.2 Å². The van der Waals surface area contributed by atoms with Gasteiger partial charge in [-0.25, -0.2) is 4.79 Å². The van der Waals surface area contributed by atoms with Crippen molar-refractivity contribution in [2.45, 2.75) is 86.8 Å². The summed E-state index contributed by atoms with van der Waals surface area (Å²) in [5.41, 5.74) is -0.595. The fourth-order valence-corrected chi connectivity index (χ4v) is 2.05. The average molecular weight is 622 g/mol. The number of halogens is 1. The van der Waals surface area contributed by atoms with E-state index in [1.54, 1.807) is 20.8 Å². The maximum atomic E-state index is 11.9. The third-order valence-corrected chi connectivity index (χ3v) is 2.83. The molecule has 8 heteroatoms. The number of rotatable bonds is 3. The number of amides is 2. The van der Waals surface area contributed by atoms with E-state index < -0.39 is 11.7 Å². The summed E-state index contributed by atoms with van der Waals surface area (Å²) in [6, 6.07) is -0.340. The first-order valence-electron chi connectivity index (χ1n) is 10.7. The third-order valence-electron chi connectivity index (χ3n) is 2.83. The van der Waals surface area contributed by atoms with Crippen molar-refractivity contribution in [3.05, 3.63) is 39.5 Å². The van der Waals surface area contributed by atoms with Gasteiger partial charge in [-0.3, -0.25) is 9.59 Å². The molecule has 6 nitrogen and oxygen atoms in total. The minimum absolute atomic E-state index is 0. The van der Waals surface area contributed by atoms with E-state index in [9.17, 15) is 14.4 Å². The molecular formula is C25H51IN2O4V. The molecule has 197 valence electrons. The van der Waals surface area contributed by atoms with Gasteiger partial charge in [0, 0.05) is 25.1 Å². The Hall–Kier alpha value is -1.06. The zero-order chi connectivity index (χ0) is 26.2. The monoisotopic (exact) mass is 621 g/mol. The number of ether oxygens (including phenoxy) is 1. The summed E-state index contributed by atoms with van der Waals surface area (Å²) in [5.74, 6) is 0.576. The third kappa shape index (κ3) is 35.7. The molecule has 1 rings (SSSR count). The zero-order valence-corrected chi connectivity index (χ0v) is 26.4. The van der Waals surface area contributed by atoms with Crippen molar-refractivity contribution in [1.82, 2.24) is 10.2 Å². The first kappa shape index (κ1) is 49.2. The predicted molar refractivity (Wildman–Crippen MR) is 151 cm³/mol. The molecule has 0 aromatic rings. The van der Waals surface area contributed by atoms with Gasteiger partial charge in [-0.15, -0.1) is 63.5 Å². The Kier molecular flexibility index (Phi) is 49.3. The molecule has 2 amide bonds. The normalized spacial score (nSPS) is 12.7. The molecule has 1 atom stereocenters. The molecule has 1 aliphatic heterocycles. The van der Waals surface area contributed by atoms with Gasteiger partial charge in [0.15, 0.2) is 5.78 Å². The molecule has 0 unspecified atom stereocenters. The Labute approximate surface area is 234 Å². The van der Waals surface area contributed by atoms with Gasteiger partial charge in [-0.2, -0.15) is 0 Å². The molecule has 0 bridgehead atoms. The standard InChI is InChI=1S/C13H22N2O4.C4H10.C2H6.3C2H4.HI.V/c1-9(16)10-6-5-7-15(10)11(17)8-14-12(18)19-13(2,3)4;1-4(2)3;4*1-2;;/h10H,5-8H2,1-4H3,(H,14,18);4H,1-3H3;1-2H3;3*1-2H2;1H;/t10-;;;;;;;/m0......./s1. The van der Waals surface area contributed by atoms with Crippen molar-refractivity contribution < 1.29 is 37.7 Å². The van der Waals surface area contributed by atoms with Crippen molar-refractivity contribution in [2.24, 2.45) is 5.92 Å². The van der Waals surface area contributed by atoms with Gasteiger partial charge in [0.1, 0.15) is 12.1 Å². The SMILES string of the molecule is C=C.C=C.C=C.CC.CC(=O)[C@@H]1CCCN1C(=O)CNC(=O)OC(C)(C)C.CC(C)C.I.[V]. The predicted octanol–water partition coefficient (Wildman–Crippen LogP) is 6.80. The average Bonchev–Trinajstić information content (AvgIpc) is 3.21. The number of carbonyl (C=O) groups is 3. The van der Waals surface area contributed by atoms with E-state index in [4.69, 9.17) is 4.74 Å². The molecule has 0 saturated carbocycles. The van der Waals surface area contributed by atoms with Crippen LogP contribution in [0.2, 0.25) is 0 Å². The van der Waals surface area contributed by atoms with Crippen molar-refractivity contribution in [1.29, 1.82) is 0 Å². The van der Waals surface area contributed by atoms with Crippen LogP contribution in [0.3, 0.4) is 0 Å². The number of hydrogen-bond donors (Lipinski definition) is 1. The van der Waals surface area contributed by atoms with Crippen LogP contribution in [0.5, 0.6) is 0 Å². The van der Waals surface area contributed by atoms with Crippen LogP contribution in [0.4, 0.5) is 4.79 Å². The van der Waals surface area contributed by atoms with Gasteiger partial charge < -0.3 is 15.0 Å². The number of nitrogens with zero attached hydrogens (tertiary/aromatic N) is 1. The van der Waals surface area contributed by atoms with Crippen molar-refractivity contribution >= 4 is 41.8 Å². The Morgan fingerprint density at radius 3 is 1.67 bits per heavy atom. The van der Waals surface area contributed by atoms with Crippen molar-refractivity contribution in [3.63, 3.8) is 0 Å². The van der Waals surface area contributed by atoms with Crippen LogP contribution >= 0.6 is 24.0 Å². The Balaban J connectivity index is -0.0000000827. The maximum Gasteiger partial charge on any atom is 0.408 e. The van der Waals surface area contributed by atoms with E-state index in [1.165, 1.54) is 11.8 Å². The molecule has 1 heterocycles. The number of Topliss-reactive ketones (excluding diaryl/α,β-unsaturated/α-hetero) is 1. The number of alkyl carbamates (subject to hydrolysis) is 1. The van der Waals surface area contributed by atoms with Crippen LogP contribution in [0, 0.1) is 5.92 Å². The Bertz CT molecular complexity index is 462. The molecule has 0 aromatic heterocycles. The summed E-state index contributed by atoms with van der Waals surface area (Å²) in [6.07, 6.45) is 0.898. The fraction of sp³-hybridized carbons (Fsp3) is 0.640. The van der Waals surface area contributed by atoms with Crippen LogP contribution in [-0.4, -0.2) is 47.4 Å². The number of hydrogen-bond acceptors (Lipinski definition) is 4. The minimum atomic E-state index is -0.626. The van der Waals surface area contributed by atoms with Crippen molar-refractivity contribution in [2.75, 3.05) is 13.1 Å². The summed E-state index contributed by atoms with van der Waals surface area (Å²) in [6.45, 7) is 35.7. The van der Waals surface area contributed by atoms with Crippen LogP contribution < -0.4 is 5.32 Å². The van der Waals surface area contributed by atoms with Gasteiger partial charge in [0.25, 0.3) is 0 Å². The van der Waals surface area contributed by atoms with Gasteiger partial charge >= 0.3 is 6.09 Å². The number of likely N-dealkylation sites (tertiary alicyclic amines) is 1. The number of ketones is 1. The summed E-state index contributed by atoms with van der Waals surface area (Å²) >= 11 is 0. The smallest absolute Gasteiger partial charge is 0.408 e. The van der Waals surface area contributed by atoms with Gasteiger partial charge in [0.2, 0.25) is 5.91 Å². The van der Waals surface area contributed by atoms with Gasteiger partial charge in [-0.1, -0.05) is 34.6 Å². The molecule has 1 saturated heterocycles. The second-order valence-corrected chi connectivity index (χ2v) is 7.44. The molecular weight excluding hydrogens is 570 g/mol. The van der Waals surface area contributed by atoms with Gasteiger partial charge in [-0.05, 0) is 46.5 Å². The minimum Gasteiger partial charge on any atom is -0.444 e. The Morgan fingerprint density at radius 1 is 1.00 bits per heavy atom. The molecule has 1 aliphatic rings. The topological polar surface area (TPSA) is 75.7 Å². The molecule has 33 heavy (non-hydrogen) atoms. The van der Waals surface area contributed by atoms with E-state index in [2.05, 4.69) is 65.6 Å².